The number of carbonyl (C=O) groups is 1. The molecule has 0 atom stereocenters. The molecule has 8 heteroatoms. The quantitative estimate of drug-likeness (QED) is 0.709. The Bertz CT molecular complexity index is 1140. The Hall–Kier alpha value is -3.26. The van der Waals surface area contributed by atoms with E-state index in [1.165, 1.54) is 6.07 Å². The van der Waals surface area contributed by atoms with Crippen molar-refractivity contribution in [2.24, 2.45) is 10.7 Å². The summed E-state index contributed by atoms with van der Waals surface area (Å²) in [7, 11) is 0. The molecule has 3 aromatic rings. The minimum atomic E-state index is -0.738. The lowest BCUT2D eigenvalue weighted by Crippen LogP contribution is -2.41. The molecule has 0 saturated carbocycles. The Morgan fingerprint density at radius 1 is 1.14 bits per heavy atom. The van der Waals surface area contributed by atoms with Crippen molar-refractivity contribution in [3.63, 3.8) is 0 Å². The number of amides is 1. The summed E-state index contributed by atoms with van der Waals surface area (Å²) in [6, 6.07) is 12.5. The van der Waals surface area contributed by atoms with E-state index in [-0.39, 0.29) is 12.0 Å². The average Bonchev–Trinajstić information content (AvgIpc) is 3.16. The van der Waals surface area contributed by atoms with Crippen molar-refractivity contribution in [1.29, 1.82) is 0 Å². The van der Waals surface area contributed by atoms with Gasteiger partial charge in [-0.3, -0.25) is 9.79 Å². The van der Waals surface area contributed by atoms with Gasteiger partial charge in [0.15, 0.2) is 0 Å². The van der Waals surface area contributed by atoms with Crippen LogP contribution in [-0.2, 0) is 11.2 Å². The van der Waals surface area contributed by atoms with Crippen LogP contribution in [0.2, 0.25) is 0 Å². The van der Waals surface area contributed by atoms with Gasteiger partial charge in [-0.1, -0.05) is 6.07 Å². The van der Waals surface area contributed by atoms with E-state index in [2.05, 4.69) is 10.3 Å². The van der Waals surface area contributed by atoms with Crippen LogP contribution in [0.3, 0.4) is 0 Å². The Kier molecular flexibility index (Phi) is 4.79. The van der Waals surface area contributed by atoms with Crippen LogP contribution in [0.25, 0.3) is 5.82 Å². The minimum Gasteiger partial charge on any atom is -0.384 e. The Balaban J connectivity index is 1.47. The van der Waals surface area contributed by atoms with Crippen LogP contribution in [-0.4, -0.2) is 12.6 Å². The molecular formula is C20H16F2N4OS. The average molecular weight is 398 g/mol. The predicted octanol–water partition coefficient (Wildman–Crippen LogP) is 2.33. The number of carbonyl (C=O) groups excluding carboxylic acids is 1. The molecule has 142 valence electrons. The Morgan fingerprint density at radius 3 is 2.57 bits per heavy atom. The number of fused-ring (bicyclic) bond motifs is 1. The zero-order chi connectivity index (χ0) is 19.7. The summed E-state index contributed by atoms with van der Waals surface area (Å²) in [6.45, 7) is 0.414. The van der Waals surface area contributed by atoms with Gasteiger partial charge in [-0.15, -0.1) is 11.3 Å². The highest BCUT2D eigenvalue weighted by Crippen LogP contribution is 2.21. The molecule has 4 rings (SSSR count). The van der Waals surface area contributed by atoms with Gasteiger partial charge in [0.05, 0.1) is 11.6 Å². The van der Waals surface area contributed by atoms with Crippen molar-refractivity contribution < 1.29 is 13.6 Å². The summed E-state index contributed by atoms with van der Waals surface area (Å²) in [5.41, 5.74) is 7.35. The van der Waals surface area contributed by atoms with Crippen LogP contribution in [0, 0.1) is 11.6 Å². The molecule has 0 unspecified atom stereocenters. The molecular weight excluding hydrogens is 382 g/mol. The molecule has 0 spiro atoms. The minimum absolute atomic E-state index is 0.250. The van der Waals surface area contributed by atoms with Crippen LogP contribution in [0.5, 0.6) is 0 Å². The second kappa shape index (κ2) is 7.40. The van der Waals surface area contributed by atoms with Gasteiger partial charge in [-0.25, -0.2) is 8.78 Å². The number of anilines is 2. The second-order valence-corrected chi connectivity index (χ2v) is 7.12. The number of benzene rings is 2. The zero-order valence-corrected chi connectivity index (χ0v) is 15.5. The largest absolute Gasteiger partial charge is 0.384 e. The smallest absolute Gasteiger partial charge is 0.229 e. The number of halogens is 2. The van der Waals surface area contributed by atoms with E-state index in [4.69, 9.17) is 5.73 Å². The molecule has 2 heterocycles. The maximum Gasteiger partial charge on any atom is 0.229 e. The summed E-state index contributed by atoms with van der Waals surface area (Å²) in [6.07, 6.45) is -0.382. The van der Waals surface area contributed by atoms with E-state index in [1.54, 1.807) is 35.6 Å². The molecule has 0 bridgehead atoms. The molecule has 0 saturated heterocycles. The Labute approximate surface area is 163 Å². The van der Waals surface area contributed by atoms with Gasteiger partial charge < -0.3 is 16.0 Å². The van der Waals surface area contributed by atoms with Crippen LogP contribution in [0.4, 0.5) is 20.2 Å². The van der Waals surface area contributed by atoms with Crippen molar-refractivity contribution in [2.75, 3.05) is 16.9 Å². The predicted molar refractivity (Wildman–Crippen MR) is 105 cm³/mol. The van der Waals surface area contributed by atoms with Crippen molar-refractivity contribution in [3.05, 3.63) is 81.0 Å². The monoisotopic (exact) mass is 398 g/mol. The first-order valence-corrected chi connectivity index (χ1v) is 9.39. The SMILES string of the molecule is NC1=c2ccsc2=NCN1c1ccc(NC(=O)Cc2c(F)cccc2F)cc1. The fourth-order valence-electron chi connectivity index (χ4n) is 2.99. The zero-order valence-electron chi connectivity index (χ0n) is 14.7. The molecule has 1 amide bonds. The summed E-state index contributed by atoms with van der Waals surface area (Å²) in [4.78, 5) is 18.5. The number of nitrogens with zero attached hydrogens (tertiary/aromatic N) is 2. The third kappa shape index (κ3) is 3.46. The van der Waals surface area contributed by atoms with Gasteiger partial charge in [0.1, 0.15) is 28.8 Å². The van der Waals surface area contributed by atoms with Gasteiger partial charge in [0, 0.05) is 16.9 Å². The summed E-state index contributed by atoms with van der Waals surface area (Å²) in [5.74, 6) is -1.35. The van der Waals surface area contributed by atoms with E-state index in [1.807, 2.05) is 16.3 Å². The summed E-state index contributed by atoms with van der Waals surface area (Å²) < 4.78 is 28.3. The Morgan fingerprint density at radius 2 is 1.86 bits per heavy atom. The third-order valence-corrected chi connectivity index (χ3v) is 5.27. The van der Waals surface area contributed by atoms with Crippen molar-refractivity contribution in [1.82, 2.24) is 0 Å². The topological polar surface area (TPSA) is 70.7 Å². The van der Waals surface area contributed by atoms with Crippen LogP contribution in [0.1, 0.15) is 5.56 Å². The molecule has 1 aliphatic rings. The first-order valence-electron chi connectivity index (χ1n) is 8.51. The number of hydrogen-bond acceptors (Lipinski definition) is 5. The number of thiophene rings is 1. The number of rotatable bonds is 4. The van der Waals surface area contributed by atoms with E-state index in [9.17, 15) is 13.6 Å². The maximum atomic E-state index is 13.7. The molecule has 0 fully saturated rings. The molecule has 5 nitrogen and oxygen atoms in total. The highest BCUT2D eigenvalue weighted by Gasteiger charge is 2.16. The van der Waals surface area contributed by atoms with E-state index in [0.717, 1.165) is 27.7 Å². The first kappa shape index (κ1) is 18.1. The highest BCUT2D eigenvalue weighted by atomic mass is 32.1. The summed E-state index contributed by atoms with van der Waals surface area (Å²) >= 11 is 1.54. The lowest BCUT2D eigenvalue weighted by atomic mass is 10.1. The van der Waals surface area contributed by atoms with Crippen molar-refractivity contribution in [2.45, 2.75) is 6.42 Å². The van der Waals surface area contributed by atoms with Gasteiger partial charge in [-0.2, -0.15) is 0 Å². The fourth-order valence-corrected chi connectivity index (χ4v) is 3.75. The summed E-state index contributed by atoms with van der Waals surface area (Å²) in [5, 5.41) is 5.50. The molecule has 0 aliphatic carbocycles. The van der Waals surface area contributed by atoms with Crippen LogP contribution < -0.4 is 25.8 Å². The van der Waals surface area contributed by atoms with Gasteiger partial charge in [0.2, 0.25) is 5.91 Å². The van der Waals surface area contributed by atoms with Crippen LogP contribution in [0.15, 0.2) is 58.9 Å². The highest BCUT2D eigenvalue weighted by molar-refractivity contribution is 7.07. The number of hydrogen-bond donors (Lipinski definition) is 2. The number of nitrogens with two attached hydrogens (primary N) is 1. The van der Waals surface area contributed by atoms with E-state index >= 15 is 0 Å². The number of nitrogens with one attached hydrogen (secondary N) is 1. The van der Waals surface area contributed by atoms with Gasteiger partial charge in [0.25, 0.3) is 0 Å². The normalized spacial score (nSPS) is 13.1. The lowest BCUT2D eigenvalue weighted by molar-refractivity contribution is -0.115. The van der Waals surface area contributed by atoms with Crippen molar-refractivity contribution >= 4 is 34.4 Å². The molecule has 2 aromatic carbocycles. The van der Waals surface area contributed by atoms with Crippen LogP contribution >= 0.6 is 11.3 Å². The molecule has 1 aromatic heterocycles. The third-order valence-electron chi connectivity index (χ3n) is 4.43. The molecule has 28 heavy (non-hydrogen) atoms. The maximum absolute atomic E-state index is 13.7. The first-order chi connectivity index (χ1) is 13.5. The van der Waals surface area contributed by atoms with Gasteiger partial charge in [-0.05, 0) is 47.8 Å². The van der Waals surface area contributed by atoms with Crippen molar-refractivity contribution in [3.8, 4) is 0 Å². The van der Waals surface area contributed by atoms with Gasteiger partial charge >= 0.3 is 0 Å². The fraction of sp³-hybridized carbons (Fsp3) is 0.100. The van der Waals surface area contributed by atoms with E-state index in [0.29, 0.717) is 18.2 Å². The van der Waals surface area contributed by atoms with E-state index < -0.39 is 17.5 Å². The standard InChI is InChI=1S/C20H16F2N4OS/c21-16-2-1-3-17(22)15(16)10-18(27)25-12-4-6-13(7-5-12)26-11-24-20-14(19(26)23)8-9-28-20/h1-9H,10-11,23H2,(H,25,27). The lowest BCUT2D eigenvalue weighted by Gasteiger charge is -2.24. The molecule has 3 N–H and O–H groups in total. The molecule has 0 radical (unpaired) electrons. The second-order valence-electron chi connectivity index (χ2n) is 6.22. The molecule has 1 aliphatic heterocycles.